The number of aliphatic hydroxyl groups excluding tert-OH is 1. The number of benzene rings is 2. The molecule has 0 aromatic heterocycles. The van der Waals surface area contributed by atoms with Crippen LogP contribution in [0.5, 0.6) is 0 Å². The number of fused-ring (bicyclic) bond motifs is 1. The minimum absolute atomic E-state index is 0.119. The van der Waals surface area contributed by atoms with Crippen molar-refractivity contribution in [3.05, 3.63) is 84.9 Å². The highest BCUT2D eigenvalue weighted by Crippen LogP contribution is 2.64. The Labute approximate surface area is 264 Å². The van der Waals surface area contributed by atoms with Gasteiger partial charge in [0.15, 0.2) is 0 Å². The van der Waals surface area contributed by atoms with Crippen LogP contribution in [0.3, 0.4) is 0 Å². The number of para-hydroxylation sites is 2. The molecule has 2 unspecified atom stereocenters. The summed E-state index contributed by atoms with van der Waals surface area (Å²) in [6.07, 6.45) is 4.88. The molecule has 7 atom stereocenters. The van der Waals surface area contributed by atoms with Gasteiger partial charge in [-0.25, -0.2) is 0 Å². The van der Waals surface area contributed by atoms with E-state index < -0.39 is 35.1 Å². The summed E-state index contributed by atoms with van der Waals surface area (Å²) in [6.45, 7) is 13.6. The number of carbonyl (C=O) groups excluding carboxylic acids is 3. The van der Waals surface area contributed by atoms with Crippen molar-refractivity contribution < 1.29 is 24.2 Å². The molecule has 0 aliphatic carbocycles. The number of anilines is 2. The van der Waals surface area contributed by atoms with Gasteiger partial charge in [-0.3, -0.25) is 14.4 Å². The number of halogens is 1. The summed E-state index contributed by atoms with van der Waals surface area (Å²) in [7, 11) is 0. The van der Waals surface area contributed by atoms with Crippen LogP contribution in [0.15, 0.2) is 79.9 Å². The first-order valence-corrected chi connectivity index (χ1v) is 15.7. The van der Waals surface area contributed by atoms with Crippen LogP contribution in [0, 0.1) is 17.8 Å². The Hall–Kier alpha value is -3.46. The summed E-state index contributed by atoms with van der Waals surface area (Å²) in [4.78, 5) is 49.0. The molecule has 3 saturated heterocycles. The van der Waals surface area contributed by atoms with Crippen molar-refractivity contribution in [2.75, 3.05) is 29.5 Å². The number of hydrogen-bond donors (Lipinski definition) is 1. The van der Waals surface area contributed by atoms with Crippen LogP contribution in [0.4, 0.5) is 11.4 Å². The van der Waals surface area contributed by atoms with Gasteiger partial charge in [0.05, 0.1) is 40.8 Å². The molecule has 3 amide bonds. The lowest BCUT2D eigenvalue weighted by atomic mass is 9.66. The van der Waals surface area contributed by atoms with Gasteiger partial charge in [0.25, 0.3) is 5.91 Å². The average molecular weight is 620 g/mol. The molecular formula is C35H42ClN3O5. The number of aliphatic hydroxyl groups is 1. The average Bonchev–Trinajstić information content (AvgIpc) is 3.60. The Morgan fingerprint density at radius 2 is 1.70 bits per heavy atom. The Balaban J connectivity index is 1.66. The van der Waals surface area contributed by atoms with E-state index in [9.17, 15) is 19.5 Å². The minimum Gasteiger partial charge on any atom is -0.394 e. The molecule has 3 heterocycles. The lowest BCUT2D eigenvalue weighted by molar-refractivity contribution is -0.149. The third-order valence-corrected chi connectivity index (χ3v) is 10.2. The highest BCUT2D eigenvalue weighted by molar-refractivity contribution is 6.34. The van der Waals surface area contributed by atoms with Crippen LogP contribution in [-0.4, -0.2) is 70.7 Å². The molecule has 2 aromatic rings. The van der Waals surface area contributed by atoms with Gasteiger partial charge in [0.1, 0.15) is 11.6 Å². The Bertz CT molecular complexity index is 1430. The number of hydrogen-bond acceptors (Lipinski definition) is 5. The van der Waals surface area contributed by atoms with Crippen LogP contribution in [0.2, 0.25) is 5.02 Å². The predicted molar refractivity (Wildman–Crippen MR) is 172 cm³/mol. The Kier molecular flexibility index (Phi) is 9.08. The number of carbonyl (C=O) groups is 3. The first kappa shape index (κ1) is 31.9. The van der Waals surface area contributed by atoms with Crippen LogP contribution < -0.4 is 9.80 Å². The van der Waals surface area contributed by atoms with Gasteiger partial charge in [-0.15, -0.1) is 13.2 Å². The number of rotatable bonds is 12. The zero-order chi connectivity index (χ0) is 31.8. The second kappa shape index (κ2) is 12.5. The fourth-order valence-electron chi connectivity index (χ4n) is 7.67. The largest absolute Gasteiger partial charge is 0.394 e. The van der Waals surface area contributed by atoms with E-state index in [1.807, 2.05) is 51.1 Å². The highest BCUT2D eigenvalue weighted by Gasteiger charge is 2.79. The van der Waals surface area contributed by atoms with Crippen molar-refractivity contribution in [2.24, 2.45) is 17.8 Å². The predicted octanol–water partition coefficient (Wildman–Crippen LogP) is 5.25. The van der Waals surface area contributed by atoms with Crippen molar-refractivity contribution in [3.8, 4) is 0 Å². The summed E-state index contributed by atoms with van der Waals surface area (Å²) in [5, 5.41) is 11.1. The number of ether oxygens (including phenoxy) is 1. The van der Waals surface area contributed by atoms with E-state index in [0.717, 1.165) is 0 Å². The van der Waals surface area contributed by atoms with Crippen molar-refractivity contribution in [2.45, 2.75) is 63.3 Å². The molecule has 8 nitrogen and oxygen atoms in total. The van der Waals surface area contributed by atoms with Gasteiger partial charge in [-0.05, 0) is 49.9 Å². The number of likely N-dealkylation sites (tertiary alicyclic amines) is 1. The summed E-state index contributed by atoms with van der Waals surface area (Å²) in [5.74, 6) is -2.83. The summed E-state index contributed by atoms with van der Waals surface area (Å²) in [5.41, 5.74) is -1.05. The number of amides is 3. The second-order valence-electron chi connectivity index (χ2n) is 12.4. The fourth-order valence-corrected chi connectivity index (χ4v) is 7.91. The molecule has 1 spiro atoms. The third kappa shape index (κ3) is 4.97. The molecule has 3 aliphatic heterocycles. The Morgan fingerprint density at radius 3 is 2.32 bits per heavy atom. The maximum atomic E-state index is 14.9. The smallest absolute Gasteiger partial charge is 0.253 e. The SMILES string of the molecule is C=CCN(C(=O)[C@H]1[C@H]2C(=O)N([C@@H](CO)[C@@H](C)CC)C(C(=O)N(CC=C)c3ccccc3Cl)C23CC[C@]1(C)O3)c1ccccc1. The van der Waals surface area contributed by atoms with Crippen molar-refractivity contribution in [3.63, 3.8) is 0 Å². The molecule has 9 heteroatoms. The van der Waals surface area contributed by atoms with Crippen LogP contribution >= 0.6 is 11.6 Å². The summed E-state index contributed by atoms with van der Waals surface area (Å²) >= 11 is 6.59. The van der Waals surface area contributed by atoms with E-state index in [1.54, 1.807) is 46.2 Å². The zero-order valence-electron chi connectivity index (χ0n) is 25.7. The molecule has 3 fully saturated rings. The second-order valence-corrected chi connectivity index (χ2v) is 12.8. The van der Waals surface area contributed by atoms with Gasteiger partial charge in [0.2, 0.25) is 11.8 Å². The van der Waals surface area contributed by atoms with Crippen molar-refractivity contribution >= 4 is 40.7 Å². The maximum absolute atomic E-state index is 14.9. The molecule has 234 valence electrons. The highest BCUT2D eigenvalue weighted by atomic mass is 35.5. The van der Waals surface area contributed by atoms with Crippen molar-refractivity contribution in [1.82, 2.24) is 4.90 Å². The van der Waals surface area contributed by atoms with E-state index in [4.69, 9.17) is 16.3 Å². The quantitative estimate of drug-likeness (QED) is 0.328. The van der Waals surface area contributed by atoms with Gasteiger partial charge >= 0.3 is 0 Å². The molecule has 1 N–H and O–H groups in total. The minimum atomic E-state index is -1.26. The van der Waals surface area contributed by atoms with E-state index in [2.05, 4.69) is 13.2 Å². The lowest BCUT2D eigenvalue weighted by Gasteiger charge is -2.41. The molecule has 2 aromatic carbocycles. The first-order chi connectivity index (χ1) is 21.1. The van der Waals surface area contributed by atoms with Gasteiger partial charge in [-0.2, -0.15) is 0 Å². The summed E-state index contributed by atoms with van der Waals surface area (Å²) in [6, 6.07) is 14.6. The fraction of sp³-hybridized carbons (Fsp3) is 0.457. The zero-order valence-corrected chi connectivity index (χ0v) is 26.5. The monoisotopic (exact) mass is 619 g/mol. The van der Waals surface area contributed by atoms with Gasteiger partial charge in [-0.1, -0.05) is 74.4 Å². The molecule has 0 saturated carbocycles. The van der Waals surface area contributed by atoms with E-state index in [0.29, 0.717) is 35.7 Å². The number of nitrogens with zero attached hydrogens (tertiary/aromatic N) is 3. The van der Waals surface area contributed by atoms with Crippen LogP contribution in [-0.2, 0) is 19.1 Å². The molecule has 2 bridgehead atoms. The third-order valence-electron chi connectivity index (χ3n) is 9.93. The topological polar surface area (TPSA) is 90.4 Å². The van der Waals surface area contributed by atoms with E-state index in [1.165, 1.54) is 4.90 Å². The molecule has 44 heavy (non-hydrogen) atoms. The lowest BCUT2D eigenvalue weighted by Crippen LogP contribution is -2.60. The molecular weight excluding hydrogens is 578 g/mol. The summed E-state index contributed by atoms with van der Waals surface area (Å²) < 4.78 is 6.88. The van der Waals surface area contributed by atoms with Crippen LogP contribution in [0.25, 0.3) is 0 Å². The first-order valence-electron chi connectivity index (χ1n) is 15.4. The molecule has 5 rings (SSSR count). The van der Waals surface area contributed by atoms with Crippen LogP contribution in [0.1, 0.15) is 40.0 Å². The van der Waals surface area contributed by atoms with E-state index in [-0.39, 0.29) is 43.3 Å². The van der Waals surface area contributed by atoms with Gasteiger partial charge in [0, 0.05) is 18.8 Å². The normalized spacial score (nSPS) is 28.3. The maximum Gasteiger partial charge on any atom is 0.253 e. The standard InChI is InChI=1S/C35H42ClN3O5/c1-6-20-37(24-14-10-9-11-15-24)31(41)28-29-32(42)39(27(22-40)23(4)8-3)30(35(29)19-18-34(28,5)44-35)33(43)38(21-7-2)26-17-13-12-16-25(26)36/h6-7,9-17,23,27-30,40H,1-2,8,18-22H2,3-5H3/t23-,27-,28+,29-,30?,34-,35?/m0/s1. The Morgan fingerprint density at radius 1 is 1.07 bits per heavy atom. The van der Waals surface area contributed by atoms with E-state index >= 15 is 0 Å². The molecule has 3 aliphatic rings. The van der Waals surface area contributed by atoms with Crippen molar-refractivity contribution in [1.29, 1.82) is 0 Å². The van der Waals surface area contributed by atoms with Gasteiger partial charge < -0.3 is 24.5 Å². The molecule has 0 radical (unpaired) electrons.